The van der Waals surface area contributed by atoms with Gasteiger partial charge in [0.25, 0.3) is 5.91 Å². The molecule has 1 amide bonds. The highest BCUT2D eigenvalue weighted by Crippen LogP contribution is 2.21. The third kappa shape index (κ3) is 4.60. The zero-order valence-corrected chi connectivity index (χ0v) is 17.1. The minimum Gasteiger partial charge on any atom is -0.322 e. The second kappa shape index (κ2) is 8.02. The van der Waals surface area contributed by atoms with Gasteiger partial charge in [-0.05, 0) is 61.4 Å². The van der Waals surface area contributed by atoms with Gasteiger partial charge in [0.15, 0.2) is 9.84 Å². The lowest BCUT2D eigenvalue weighted by molar-refractivity contribution is 0.102. The molecular weight excluding hydrogens is 400 g/mol. The Bertz CT molecular complexity index is 1050. The minimum atomic E-state index is -3.54. The van der Waals surface area contributed by atoms with Crippen molar-refractivity contribution in [2.24, 2.45) is 0 Å². The maximum Gasteiger partial charge on any atom is 0.255 e. The van der Waals surface area contributed by atoms with Crippen molar-refractivity contribution in [3.05, 3.63) is 54.1 Å². The van der Waals surface area contributed by atoms with Crippen LogP contribution in [0.1, 0.15) is 29.6 Å². The van der Waals surface area contributed by atoms with Crippen LogP contribution in [0.2, 0.25) is 0 Å². The predicted molar refractivity (Wildman–Crippen MR) is 107 cm³/mol. The number of carbonyl (C=O) groups is 1. The summed E-state index contributed by atoms with van der Waals surface area (Å²) in [6, 6.07) is 11.6. The summed E-state index contributed by atoms with van der Waals surface area (Å²) in [4.78, 5) is 12.7. The third-order valence-corrected chi connectivity index (χ3v) is 7.65. The fourth-order valence-electron chi connectivity index (χ4n) is 3.02. The van der Waals surface area contributed by atoms with Crippen LogP contribution in [0, 0.1) is 0 Å². The first-order valence-electron chi connectivity index (χ1n) is 8.90. The van der Waals surface area contributed by atoms with Crippen molar-refractivity contribution in [2.45, 2.75) is 29.1 Å². The Morgan fingerprint density at radius 1 is 0.821 bits per heavy atom. The molecule has 3 rings (SSSR count). The van der Waals surface area contributed by atoms with Crippen LogP contribution in [0.15, 0.2) is 58.3 Å². The summed E-state index contributed by atoms with van der Waals surface area (Å²) in [5.41, 5.74) is 0.757. The van der Waals surface area contributed by atoms with Gasteiger partial charge in [-0.25, -0.2) is 16.8 Å². The number of nitrogens with one attached hydrogen (secondary N) is 1. The van der Waals surface area contributed by atoms with Gasteiger partial charge in [0.2, 0.25) is 10.0 Å². The maximum atomic E-state index is 12.6. The van der Waals surface area contributed by atoms with Crippen LogP contribution in [0.5, 0.6) is 0 Å². The highest BCUT2D eigenvalue weighted by atomic mass is 32.2. The molecule has 2 aromatic carbocycles. The van der Waals surface area contributed by atoms with Crippen molar-refractivity contribution in [2.75, 3.05) is 24.7 Å². The van der Waals surface area contributed by atoms with E-state index in [2.05, 4.69) is 5.32 Å². The third-order valence-electron chi connectivity index (χ3n) is 4.61. The van der Waals surface area contributed by atoms with Crippen molar-refractivity contribution < 1.29 is 21.6 Å². The van der Waals surface area contributed by atoms with Gasteiger partial charge in [-0.3, -0.25) is 4.79 Å². The molecule has 0 atom stereocenters. The Labute approximate surface area is 165 Å². The smallest absolute Gasteiger partial charge is 0.255 e. The number of sulfone groups is 1. The Morgan fingerprint density at radius 2 is 1.36 bits per heavy atom. The van der Waals surface area contributed by atoms with Gasteiger partial charge < -0.3 is 5.32 Å². The number of sulfonamides is 1. The SMILES string of the molecule is CS(=O)(=O)c1ccc(NC(=O)c2ccc(S(=O)(=O)N3CCCCC3)cc2)cc1. The number of rotatable bonds is 5. The van der Waals surface area contributed by atoms with Crippen molar-refractivity contribution >= 4 is 31.5 Å². The summed E-state index contributed by atoms with van der Waals surface area (Å²) in [6.07, 6.45) is 3.87. The lowest BCUT2D eigenvalue weighted by atomic mass is 10.2. The summed E-state index contributed by atoms with van der Waals surface area (Å²) in [5, 5.41) is 2.66. The Balaban J connectivity index is 1.71. The van der Waals surface area contributed by atoms with Gasteiger partial charge in [0, 0.05) is 30.6 Å². The first-order valence-corrected chi connectivity index (χ1v) is 12.2. The molecule has 0 bridgehead atoms. The van der Waals surface area contributed by atoms with Crippen LogP contribution in [0.25, 0.3) is 0 Å². The lowest BCUT2D eigenvalue weighted by Gasteiger charge is -2.25. The molecule has 9 heteroatoms. The Kier molecular flexibility index (Phi) is 5.87. The number of anilines is 1. The van der Waals surface area contributed by atoms with E-state index in [9.17, 15) is 21.6 Å². The number of hydrogen-bond donors (Lipinski definition) is 1. The highest BCUT2D eigenvalue weighted by molar-refractivity contribution is 7.90. The number of piperidine rings is 1. The van der Waals surface area contributed by atoms with E-state index in [-0.39, 0.29) is 9.79 Å². The lowest BCUT2D eigenvalue weighted by Crippen LogP contribution is -2.35. The molecule has 1 N–H and O–H groups in total. The predicted octanol–water partition coefficient (Wildman–Crippen LogP) is 2.52. The fraction of sp³-hybridized carbons (Fsp3) is 0.316. The molecule has 150 valence electrons. The van der Waals surface area contributed by atoms with Crippen molar-refractivity contribution in [1.29, 1.82) is 0 Å². The van der Waals surface area contributed by atoms with Crippen LogP contribution >= 0.6 is 0 Å². The van der Waals surface area contributed by atoms with Crippen LogP contribution in [-0.2, 0) is 19.9 Å². The fourth-order valence-corrected chi connectivity index (χ4v) is 5.17. The van der Waals surface area contributed by atoms with Gasteiger partial charge in [0.05, 0.1) is 9.79 Å². The normalized spacial score (nSPS) is 15.9. The average molecular weight is 423 g/mol. The zero-order valence-electron chi connectivity index (χ0n) is 15.5. The van der Waals surface area contributed by atoms with E-state index in [1.54, 1.807) is 0 Å². The van der Waals surface area contributed by atoms with E-state index < -0.39 is 25.8 Å². The van der Waals surface area contributed by atoms with Crippen molar-refractivity contribution in [3.8, 4) is 0 Å². The van der Waals surface area contributed by atoms with Crippen molar-refractivity contribution in [1.82, 2.24) is 4.31 Å². The summed E-state index contributed by atoms with van der Waals surface area (Å²) in [6.45, 7) is 1.04. The standard InChI is InChI=1S/C19H22N2O5S2/c1-27(23,24)17-11-7-16(8-12-17)20-19(22)15-5-9-18(10-6-15)28(25,26)21-13-3-2-4-14-21/h5-12H,2-4,13-14H2,1H3,(H,20,22). The minimum absolute atomic E-state index is 0.165. The zero-order chi connectivity index (χ0) is 20.4. The molecule has 0 saturated carbocycles. The van der Waals surface area contributed by atoms with E-state index >= 15 is 0 Å². The second-order valence-corrected chi connectivity index (χ2v) is 10.7. The summed E-state index contributed by atoms with van der Waals surface area (Å²) < 4.78 is 49.7. The monoisotopic (exact) mass is 422 g/mol. The van der Waals surface area contributed by atoms with Gasteiger partial charge in [-0.1, -0.05) is 6.42 Å². The Hall–Kier alpha value is -2.23. The molecule has 1 saturated heterocycles. The molecule has 0 radical (unpaired) electrons. The van der Waals surface area contributed by atoms with Gasteiger partial charge in [-0.15, -0.1) is 0 Å². The molecule has 0 spiro atoms. The molecule has 0 aromatic heterocycles. The molecule has 1 aliphatic rings. The molecule has 7 nitrogen and oxygen atoms in total. The van der Waals surface area contributed by atoms with E-state index in [0.29, 0.717) is 24.3 Å². The van der Waals surface area contributed by atoms with E-state index in [1.807, 2.05) is 0 Å². The van der Waals surface area contributed by atoms with E-state index in [1.165, 1.54) is 52.8 Å². The first-order chi connectivity index (χ1) is 13.2. The molecule has 1 heterocycles. The topological polar surface area (TPSA) is 101 Å². The largest absolute Gasteiger partial charge is 0.322 e. The molecule has 1 aliphatic heterocycles. The number of benzene rings is 2. The van der Waals surface area contributed by atoms with Crippen LogP contribution in [0.3, 0.4) is 0 Å². The maximum absolute atomic E-state index is 12.6. The van der Waals surface area contributed by atoms with Crippen LogP contribution in [0.4, 0.5) is 5.69 Å². The van der Waals surface area contributed by atoms with Crippen molar-refractivity contribution in [3.63, 3.8) is 0 Å². The molecule has 0 aliphatic carbocycles. The molecule has 1 fully saturated rings. The molecule has 0 unspecified atom stereocenters. The highest BCUT2D eigenvalue weighted by Gasteiger charge is 2.25. The number of carbonyl (C=O) groups excluding carboxylic acids is 1. The molecule has 28 heavy (non-hydrogen) atoms. The molecule has 2 aromatic rings. The van der Waals surface area contributed by atoms with Gasteiger partial charge >= 0.3 is 0 Å². The number of amides is 1. The van der Waals surface area contributed by atoms with E-state index in [4.69, 9.17) is 0 Å². The van der Waals surface area contributed by atoms with Crippen LogP contribution < -0.4 is 5.32 Å². The molecular formula is C19H22N2O5S2. The van der Waals surface area contributed by atoms with Crippen LogP contribution in [-0.4, -0.2) is 46.4 Å². The average Bonchev–Trinajstić information content (AvgIpc) is 2.68. The van der Waals surface area contributed by atoms with E-state index in [0.717, 1.165) is 25.5 Å². The van der Waals surface area contributed by atoms with Gasteiger partial charge in [-0.2, -0.15) is 4.31 Å². The quantitative estimate of drug-likeness (QED) is 0.798. The number of hydrogen-bond acceptors (Lipinski definition) is 5. The Morgan fingerprint density at radius 3 is 1.89 bits per heavy atom. The summed E-state index contributed by atoms with van der Waals surface area (Å²) >= 11 is 0. The first kappa shape index (κ1) is 20.5. The summed E-state index contributed by atoms with van der Waals surface area (Å²) in [5.74, 6) is -0.408. The van der Waals surface area contributed by atoms with Gasteiger partial charge in [0.1, 0.15) is 0 Å². The summed E-state index contributed by atoms with van der Waals surface area (Å²) in [7, 11) is -6.84. The number of nitrogens with zero attached hydrogens (tertiary/aromatic N) is 1. The second-order valence-electron chi connectivity index (χ2n) is 6.74.